The monoisotopic (exact) mass is 491 g/mol. The zero-order valence-corrected chi connectivity index (χ0v) is 20.7. The van der Waals surface area contributed by atoms with Gasteiger partial charge in [0.15, 0.2) is 17.5 Å². The Labute approximate surface area is 218 Å². The third-order valence-electron chi connectivity index (χ3n) is 6.54. The highest BCUT2D eigenvalue weighted by molar-refractivity contribution is 7.26. The first-order valence-corrected chi connectivity index (χ1v) is 13.0. The Morgan fingerprint density at radius 2 is 0.919 bits per heavy atom. The van der Waals surface area contributed by atoms with Crippen LogP contribution in [0.15, 0.2) is 127 Å². The minimum atomic E-state index is 0.665. The maximum atomic E-state index is 4.91. The van der Waals surface area contributed by atoms with Gasteiger partial charge in [-0.05, 0) is 23.3 Å². The third kappa shape index (κ3) is 3.98. The Morgan fingerprint density at radius 1 is 0.405 bits per heavy atom. The Kier molecular flexibility index (Phi) is 5.30. The van der Waals surface area contributed by atoms with E-state index in [0.717, 1.165) is 22.3 Å². The average Bonchev–Trinajstić information content (AvgIpc) is 3.37. The minimum Gasteiger partial charge on any atom is -0.208 e. The van der Waals surface area contributed by atoms with Crippen LogP contribution in [-0.4, -0.2) is 15.0 Å². The second-order valence-corrected chi connectivity index (χ2v) is 9.95. The smallest absolute Gasteiger partial charge is 0.164 e. The van der Waals surface area contributed by atoms with Gasteiger partial charge in [-0.1, -0.05) is 115 Å². The molecule has 0 bridgehead atoms. The summed E-state index contributed by atoms with van der Waals surface area (Å²) in [6.07, 6.45) is 0. The van der Waals surface area contributed by atoms with Crippen LogP contribution >= 0.6 is 11.3 Å². The highest BCUT2D eigenvalue weighted by Gasteiger charge is 2.14. The number of benzene rings is 5. The second-order valence-electron chi connectivity index (χ2n) is 8.90. The van der Waals surface area contributed by atoms with Crippen molar-refractivity contribution in [3.05, 3.63) is 127 Å². The summed E-state index contributed by atoms with van der Waals surface area (Å²) in [4.78, 5) is 14.6. The van der Waals surface area contributed by atoms with E-state index in [4.69, 9.17) is 15.0 Å². The van der Waals surface area contributed by atoms with Crippen molar-refractivity contribution in [2.45, 2.75) is 0 Å². The predicted octanol–water partition coefficient (Wildman–Crippen LogP) is 8.91. The molecule has 0 saturated heterocycles. The van der Waals surface area contributed by atoms with Gasteiger partial charge < -0.3 is 0 Å². The van der Waals surface area contributed by atoms with Gasteiger partial charge in [0.05, 0.1) is 0 Å². The van der Waals surface area contributed by atoms with Crippen molar-refractivity contribution in [3.63, 3.8) is 0 Å². The molecule has 0 fully saturated rings. The van der Waals surface area contributed by atoms with Gasteiger partial charge in [0.25, 0.3) is 0 Å². The highest BCUT2D eigenvalue weighted by Crippen LogP contribution is 2.40. The van der Waals surface area contributed by atoms with Crippen LogP contribution in [0.25, 0.3) is 65.5 Å². The SMILES string of the molecule is c1ccc(-c2nc(-c3ccccc3)nc(-c3cccc(-c4cccc5c4sc4ccccc45)c3)n2)cc1. The van der Waals surface area contributed by atoms with Crippen LogP contribution in [0.3, 0.4) is 0 Å². The summed E-state index contributed by atoms with van der Waals surface area (Å²) in [5.74, 6) is 2.00. The molecule has 0 unspecified atom stereocenters. The summed E-state index contributed by atoms with van der Waals surface area (Å²) < 4.78 is 2.60. The van der Waals surface area contributed by atoms with Crippen LogP contribution < -0.4 is 0 Å². The van der Waals surface area contributed by atoms with Gasteiger partial charge in [0.2, 0.25) is 0 Å². The number of aromatic nitrogens is 3. The maximum Gasteiger partial charge on any atom is 0.164 e. The van der Waals surface area contributed by atoms with Crippen molar-refractivity contribution in [3.8, 4) is 45.3 Å². The second kappa shape index (κ2) is 9.08. The number of thiophene rings is 1. The molecule has 3 nitrogen and oxygen atoms in total. The summed E-state index contributed by atoms with van der Waals surface area (Å²) >= 11 is 1.84. The molecular formula is C33H21N3S. The van der Waals surface area contributed by atoms with Crippen LogP contribution in [0, 0.1) is 0 Å². The summed E-state index contributed by atoms with van der Waals surface area (Å²) in [5.41, 5.74) is 5.27. The number of nitrogens with zero attached hydrogens (tertiary/aromatic N) is 3. The van der Waals surface area contributed by atoms with Gasteiger partial charge in [-0.2, -0.15) is 0 Å². The van der Waals surface area contributed by atoms with E-state index in [9.17, 15) is 0 Å². The van der Waals surface area contributed by atoms with Crippen molar-refractivity contribution in [2.24, 2.45) is 0 Å². The predicted molar refractivity (Wildman–Crippen MR) is 154 cm³/mol. The van der Waals surface area contributed by atoms with E-state index in [0.29, 0.717) is 17.5 Å². The maximum absolute atomic E-state index is 4.91. The van der Waals surface area contributed by atoms with Crippen molar-refractivity contribution in [2.75, 3.05) is 0 Å². The van der Waals surface area contributed by atoms with Gasteiger partial charge in [-0.15, -0.1) is 11.3 Å². The fourth-order valence-corrected chi connectivity index (χ4v) is 5.98. The summed E-state index contributed by atoms with van der Waals surface area (Å²) in [5, 5.41) is 2.60. The molecule has 2 aromatic heterocycles. The van der Waals surface area contributed by atoms with E-state index in [1.54, 1.807) is 0 Å². The van der Waals surface area contributed by atoms with E-state index in [2.05, 4.69) is 66.7 Å². The number of hydrogen-bond acceptors (Lipinski definition) is 4. The molecule has 0 radical (unpaired) electrons. The minimum absolute atomic E-state index is 0.665. The Hall–Kier alpha value is -4.67. The van der Waals surface area contributed by atoms with Gasteiger partial charge in [0, 0.05) is 36.9 Å². The Bertz CT molecular complexity index is 1820. The lowest BCUT2D eigenvalue weighted by molar-refractivity contribution is 1.07. The number of hydrogen-bond donors (Lipinski definition) is 0. The van der Waals surface area contributed by atoms with E-state index < -0.39 is 0 Å². The molecule has 4 heteroatoms. The first-order valence-electron chi connectivity index (χ1n) is 12.2. The van der Waals surface area contributed by atoms with Gasteiger partial charge >= 0.3 is 0 Å². The first-order chi connectivity index (χ1) is 18.3. The largest absolute Gasteiger partial charge is 0.208 e. The third-order valence-corrected chi connectivity index (χ3v) is 7.76. The molecule has 5 aromatic carbocycles. The molecule has 0 spiro atoms. The van der Waals surface area contributed by atoms with E-state index in [1.807, 2.05) is 72.0 Å². The van der Waals surface area contributed by atoms with E-state index >= 15 is 0 Å². The molecule has 0 N–H and O–H groups in total. The number of fused-ring (bicyclic) bond motifs is 3. The van der Waals surface area contributed by atoms with E-state index in [-0.39, 0.29) is 0 Å². The first kappa shape index (κ1) is 21.6. The standard InChI is InChI=1S/C33H21N3S/c1-3-11-22(12-4-1)31-34-32(23-13-5-2-6-14-23)36-33(35-31)25-16-9-15-24(21-25)26-18-10-19-28-27-17-7-8-20-29(27)37-30(26)28/h1-21H. The van der Waals surface area contributed by atoms with E-state index in [1.165, 1.54) is 25.7 Å². The molecule has 37 heavy (non-hydrogen) atoms. The molecule has 7 aromatic rings. The van der Waals surface area contributed by atoms with Crippen molar-refractivity contribution in [1.82, 2.24) is 15.0 Å². The molecule has 0 aliphatic carbocycles. The molecule has 0 amide bonds. The van der Waals surface area contributed by atoms with Gasteiger partial charge in [-0.25, -0.2) is 15.0 Å². The van der Waals surface area contributed by atoms with Crippen LogP contribution in [0.5, 0.6) is 0 Å². The summed E-state index contributed by atoms with van der Waals surface area (Å²) in [6, 6.07) is 43.9. The molecule has 174 valence electrons. The van der Waals surface area contributed by atoms with Crippen molar-refractivity contribution < 1.29 is 0 Å². The molecule has 7 rings (SSSR count). The zero-order chi connectivity index (χ0) is 24.6. The summed E-state index contributed by atoms with van der Waals surface area (Å²) in [7, 11) is 0. The summed E-state index contributed by atoms with van der Waals surface area (Å²) in [6.45, 7) is 0. The lowest BCUT2D eigenvalue weighted by atomic mass is 10.0. The molecule has 0 atom stereocenters. The average molecular weight is 492 g/mol. The lowest BCUT2D eigenvalue weighted by Gasteiger charge is -2.10. The normalized spacial score (nSPS) is 11.2. The highest BCUT2D eigenvalue weighted by atomic mass is 32.1. The zero-order valence-electron chi connectivity index (χ0n) is 19.9. The molecular weight excluding hydrogens is 470 g/mol. The number of rotatable bonds is 4. The fourth-order valence-electron chi connectivity index (χ4n) is 4.74. The Balaban J connectivity index is 1.40. The quantitative estimate of drug-likeness (QED) is 0.247. The lowest BCUT2D eigenvalue weighted by Crippen LogP contribution is -2.00. The van der Waals surface area contributed by atoms with Gasteiger partial charge in [0.1, 0.15) is 0 Å². The topological polar surface area (TPSA) is 38.7 Å². The van der Waals surface area contributed by atoms with Crippen molar-refractivity contribution >= 4 is 31.5 Å². The fraction of sp³-hybridized carbons (Fsp3) is 0. The molecule has 2 heterocycles. The van der Waals surface area contributed by atoms with Gasteiger partial charge in [-0.3, -0.25) is 0 Å². The molecule has 0 aliphatic rings. The van der Waals surface area contributed by atoms with Crippen LogP contribution in [0.1, 0.15) is 0 Å². The molecule has 0 saturated carbocycles. The molecule has 0 aliphatic heterocycles. The Morgan fingerprint density at radius 3 is 1.62 bits per heavy atom. The van der Waals surface area contributed by atoms with Crippen molar-refractivity contribution in [1.29, 1.82) is 0 Å². The van der Waals surface area contributed by atoms with Crippen LogP contribution in [-0.2, 0) is 0 Å². The van der Waals surface area contributed by atoms with Crippen LogP contribution in [0.2, 0.25) is 0 Å². The van der Waals surface area contributed by atoms with Crippen LogP contribution in [0.4, 0.5) is 0 Å².